The van der Waals surface area contributed by atoms with Crippen LogP contribution in [0.4, 0.5) is 5.69 Å². The van der Waals surface area contributed by atoms with E-state index in [1.54, 1.807) is 26.0 Å². The Hall–Kier alpha value is -2.54. The molecule has 0 unspecified atom stereocenters. The van der Waals surface area contributed by atoms with Crippen molar-refractivity contribution in [2.75, 3.05) is 45.5 Å². The molecule has 1 heterocycles. The SMILES string of the molecule is CN=C(NCc1ccc(SC)cc1)NC1CCN(c2cc(OC)cc(OC)c2)CC1. The molecule has 162 valence electrons. The third-order valence-corrected chi connectivity index (χ3v) is 6.12. The summed E-state index contributed by atoms with van der Waals surface area (Å²) < 4.78 is 10.8. The highest BCUT2D eigenvalue weighted by Gasteiger charge is 2.21. The van der Waals surface area contributed by atoms with Crippen molar-refractivity contribution in [3.63, 3.8) is 0 Å². The molecule has 0 amide bonds. The van der Waals surface area contributed by atoms with Crippen LogP contribution < -0.4 is 25.0 Å². The van der Waals surface area contributed by atoms with Crippen LogP contribution in [0.1, 0.15) is 18.4 Å². The van der Waals surface area contributed by atoms with Crippen LogP contribution in [0.2, 0.25) is 0 Å². The topological polar surface area (TPSA) is 58.1 Å². The first-order chi connectivity index (χ1) is 14.6. The molecule has 0 atom stereocenters. The minimum Gasteiger partial charge on any atom is -0.497 e. The minimum atomic E-state index is 0.402. The van der Waals surface area contributed by atoms with Gasteiger partial charge in [-0.2, -0.15) is 0 Å². The van der Waals surface area contributed by atoms with Crippen molar-refractivity contribution >= 4 is 23.4 Å². The van der Waals surface area contributed by atoms with Crippen LogP contribution >= 0.6 is 11.8 Å². The minimum absolute atomic E-state index is 0.402. The number of guanidine groups is 1. The summed E-state index contributed by atoms with van der Waals surface area (Å²) in [6, 6.07) is 15.1. The molecule has 0 saturated carbocycles. The Morgan fingerprint density at radius 3 is 2.23 bits per heavy atom. The molecule has 1 fully saturated rings. The van der Waals surface area contributed by atoms with E-state index in [4.69, 9.17) is 9.47 Å². The fourth-order valence-electron chi connectivity index (χ4n) is 3.57. The summed E-state index contributed by atoms with van der Waals surface area (Å²) in [5.41, 5.74) is 2.39. The maximum atomic E-state index is 5.41. The zero-order chi connectivity index (χ0) is 21.3. The maximum Gasteiger partial charge on any atom is 0.191 e. The molecule has 2 aromatic rings. The number of nitrogens with one attached hydrogen (secondary N) is 2. The number of hydrogen-bond acceptors (Lipinski definition) is 5. The zero-order valence-corrected chi connectivity index (χ0v) is 19.1. The summed E-state index contributed by atoms with van der Waals surface area (Å²) in [4.78, 5) is 8.06. The first-order valence-electron chi connectivity index (χ1n) is 10.2. The highest BCUT2D eigenvalue weighted by Crippen LogP contribution is 2.30. The highest BCUT2D eigenvalue weighted by atomic mass is 32.2. The Labute approximate surface area is 184 Å². The van der Waals surface area contributed by atoms with E-state index in [-0.39, 0.29) is 0 Å². The van der Waals surface area contributed by atoms with Gasteiger partial charge in [0.2, 0.25) is 0 Å². The van der Waals surface area contributed by atoms with E-state index in [1.807, 2.05) is 13.1 Å². The molecule has 6 nitrogen and oxygen atoms in total. The average Bonchev–Trinajstić information content (AvgIpc) is 2.82. The van der Waals surface area contributed by atoms with Gasteiger partial charge in [0.15, 0.2) is 5.96 Å². The first kappa shape index (κ1) is 22.2. The molecular weight excluding hydrogens is 396 g/mol. The Bertz CT molecular complexity index is 811. The third kappa shape index (κ3) is 5.98. The second-order valence-corrected chi connectivity index (χ2v) is 8.13. The van der Waals surface area contributed by atoms with Crippen molar-refractivity contribution in [3.05, 3.63) is 48.0 Å². The molecule has 1 saturated heterocycles. The van der Waals surface area contributed by atoms with E-state index in [0.717, 1.165) is 55.6 Å². The number of thioether (sulfide) groups is 1. The lowest BCUT2D eigenvalue weighted by molar-refractivity contribution is 0.393. The van der Waals surface area contributed by atoms with Gasteiger partial charge >= 0.3 is 0 Å². The van der Waals surface area contributed by atoms with Crippen LogP contribution in [0.5, 0.6) is 11.5 Å². The van der Waals surface area contributed by atoms with Crippen LogP contribution in [0, 0.1) is 0 Å². The molecule has 2 aromatic carbocycles. The molecule has 0 aliphatic carbocycles. The zero-order valence-electron chi connectivity index (χ0n) is 18.3. The first-order valence-corrected chi connectivity index (χ1v) is 11.5. The lowest BCUT2D eigenvalue weighted by Gasteiger charge is -2.34. The fraction of sp³-hybridized carbons (Fsp3) is 0.435. The van der Waals surface area contributed by atoms with Crippen molar-refractivity contribution in [2.24, 2.45) is 4.99 Å². The second kappa shape index (κ2) is 11.0. The highest BCUT2D eigenvalue weighted by molar-refractivity contribution is 7.98. The number of nitrogens with zero attached hydrogens (tertiary/aromatic N) is 2. The molecular formula is C23H32N4O2S. The summed E-state index contributed by atoms with van der Waals surface area (Å²) in [6.07, 6.45) is 4.18. The van der Waals surface area contributed by atoms with Gasteiger partial charge in [0.1, 0.15) is 11.5 Å². The average molecular weight is 429 g/mol. The Kier molecular flexibility index (Phi) is 8.13. The van der Waals surface area contributed by atoms with Crippen LogP contribution in [0.25, 0.3) is 0 Å². The number of hydrogen-bond donors (Lipinski definition) is 2. The molecule has 1 aliphatic rings. The lowest BCUT2D eigenvalue weighted by atomic mass is 10.0. The van der Waals surface area contributed by atoms with E-state index in [2.05, 4.69) is 63.2 Å². The van der Waals surface area contributed by atoms with Gasteiger partial charge < -0.3 is 25.0 Å². The quantitative estimate of drug-likeness (QED) is 0.398. The molecule has 2 N–H and O–H groups in total. The van der Waals surface area contributed by atoms with Gasteiger partial charge in [-0.3, -0.25) is 4.99 Å². The number of rotatable bonds is 7. The molecule has 0 spiro atoms. The van der Waals surface area contributed by atoms with E-state index >= 15 is 0 Å². The van der Waals surface area contributed by atoms with Gasteiger partial charge in [0, 0.05) is 61.5 Å². The number of methoxy groups -OCH3 is 2. The molecule has 0 radical (unpaired) electrons. The van der Waals surface area contributed by atoms with E-state index in [9.17, 15) is 0 Å². The van der Waals surface area contributed by atoms with Crippen LogP contribution in [-0.2, 0) is 6.54 Å². The van der Waals surface area contributed by atoms with Crippen LogP contribution in [-0.4, -0.2) is 52.6 Å². The molecule has 30 heavy (non-hydrogen) atoms. The lowest BCUT2D eigenvalue weighted by Crippen LogP contribution is -2.48. The van der Waals surface area contributed by atoms with Gasteiger partial charge in [-0.15, -0.1) is 11.8 Å². The van der Waals surface area contributed by atoms with Gasteiger partial charge in [0.25, 0.3) is 0 Å². The number of piperidine rings is 1. The standard InChI is InChI=1S/C23H32N4O2S/c1-24-23(25-16-17-5-7-22(30-4)8-6-17)26-18-9-11-27(12-10-18)19-13-20(28-2)15-21(14-19)29-3/h5-8,13-15,18H,9-12,16H2,1-4H3,(H2,24,25,26). The predicted octanol–water partition coefficient (Wildman–Crippen LogP) is 3.76. The van der Waals surface area contributed by atoms with Gasteiger partial charge in [0.05, 0.1) is 14.2 Å². The summed E-state index contributed by atoms with van der Waals surface area (Å²) in [5.74, 6) is 2.49. The second-order valence-electron chi connectivity index (χ2n) is 7.25. The molecule has 0 bridgehead atoms. The predicted molar refractivity (Wildman–Crippen MR) is 126 cm³/mol. The van der Waals surface area contributed by atoms with E-state index in [1.165, 1.54) is 10.5 Å². The Balaban J connectivity index is 1.50. The summed E-state index contributed by atoms with van der Waals surface area (Å²) >= 11 is 1.76. The normalized spacial score (nSPS) is 15.1. The summed E-state index contributed by atoms with van der Waals surface area (Å²) in [7, 11) is 5.19. The monoisotopic (exact) mass is 428 g/mol. The molecule has 0 aromatic heterocycles. The smallest absolute Gasteiger partial charge is 0.191 e. The number of anilines is 1. The number of benzene rings is 2. The van der Waals surface area contributed by atoms with Crippen molar-refractivity contribution < 1.29 is 9.47 Å². The summed E-state index contributed by atoms with van der Waals surface area (Å²) in [5, 5.41) is 7.00. The van der Waals surface area contributed by atoms with E-state index < -0.39 is 0 Å². The fourth-order valence-corrected chi connectivity index (χ4v) is 3.98. The molecule has 7 heteroatoms. The van der Waals surface area contributed by atoms with Gasteiger partial charge in [-0.1, -0.05) is 12.1 Å². The van der Waals surface area contributed by atoms with Gasteiger partial charge in [-0.05, 0) is 36.8 Å². The largest absolute Gasteiger partial charge is 0.497 e. The van der Waals surface area contributed by atoms with Crippen molar-refractivity contribution in [3.8, 4) is 11.5 Å². The van der Waals surface area contributed by atoms with Crippen LogP contribution in [0.3, 0.4) is 0 Å². The Morgan fingerprint density at radius 2 is 1.70 bits per heavy atom. The molecule has 3 rings (SSSR count). The van der Waals surface area contributed by atoms with Crippen molar-refractivity contribution in [2.45, 2.75) is 30.3 Å². The van der Waals surface area contributed by atoms with Crippen molar-refractivity contribution in [1.29, 1.82) is 0 Å². The van der Waals surface area contributed by atoms with Gasteiger partial charge in [-0.25, -0.2) is 0 Å². The third-order valence-electron chi connectivity index (χ3n) is 5.38. The Morgan fingerprint density at radius 1 is 1.07 bits per heavy atom. The number of aliphatic imine (C=N–C) groups is 1. The maximum absolute atomic E-state index is 5.41. The molecule has 1 aliphatic heterocycles. The van der Waals surface area contributed by atoms with Crippen molar-refractivity contribution in [1.82, 2.24) is 10.6 Å². The summed E-state index contributed by atoms with van der Waals surface area (Å²) in [6.45, 7) is 2.71. The number of ether oxygens (including phenoxy) is 2. The van der Waals surface area contributed by atoms with E-state index in [0.29, 0.717) is 6.04 Å². The van der Waals surface area contributed by atoms with Crippen LogP contribution in [0.15, 0.2) is 52.4 Å².